The molecule has 0 unspecified atom stereocenters. The molecule has 24 heavy (non-hydrogen) atoms. The molecule has 1 saturated heterocycles. The molecule has 2 aromatic rings. The first-order valence-electron chi connectivity index (χ1n) is 8.50. The minimum absolute atomic E-state index is 0.0679. The number of hydrogen-bond acceptors (Lipinski definition) is 4. The summed E-state index contributed by atoms with van der Waals surface area (Å²) < 4.78 is 5.97. The van der Waals surface area contributed by atoms with Gasteiger partial charge in [-0.15, -0.1) is 0 Å². The van der Waals surface area contributed by atoms with E-state index in [2.05, 4.69) is 17.0 Å². The molecule has 3 rings (SSSR count). The Morgan fingerprint density at radius 1 is 0.958 bits per heavy atom. The van der Waals surface area contributed by atoms with Crippen molar-refractivity contribution in [2.24, 2.45) is 0 Å². The van der Waals surface area contributed by atoms with Gasteiger partial charge >= 0.3 is 0 Å². The molecule has 0 spiro atoms. The fourth-order valence-electron chi connectivity index (χ4n) is 3.35. The highest BCUT2D eigenvalue weighted by Crippen LogP contribution is 2.26. The van der Waals surface area contributed by atoms with Crippen LogP contribution in [0.4, 0.5) is 0 Å². The highest BCUT2D eigenvalue weighted by atomic mass is 16.5. The average molecular weight is 327 g/mol. The Kier molecular flexibility index (Phi) is 5.99. The summed E-state index contributed by atoms with van der Waals surface area (Å²) in [6, 6.07) is 20.1. The van der Waals surface area contributed by atoms with Crippen molar-refractivity contribution in [2.75, 3.05) is 13.2 Å². The molecule has 4 heteroatoms. The number of aliphatic hydroxyl groups is 2. The molecule has 0 saturated carbocycles. The van der Waals surface area contributed by atoms with Crippen LogP contribution in [0.2, 0.25) is 0 Å². The molecule has 2 N–H and O–H groups in total. The van der Waals surface area contributed by atoms with E-state index in [9.17, 15) is 10.2 Å². The van der Waals surface area contributed by atoms with Gasteiger partial charge < -0.3 is 14.9 Å². The Morgan fingerprint density at radius 2 is 1.58 bits per heavy atom. The molecule has 0 aromatic heterocycles. The third-order valence-corrected chi connectivity index (χ3v) is 4.62. The molecule has 1 aliphatic rings. The van der Waals surface area contributed by atoms with Crippen LogP contribution in [0.1, 0.15) is 17.5 Å². The van der Waals surface area contributed by atoms with E-state index in [4.69, 9.17) is 4.74 Å². The summed E-state index contributed by atoms with van der Waals surface area (Å²) in [6.45, 7) is 1.99. The van der Waals surface area contributed by atoms with Crippen molar-refractivity contribution < 1.29 is 14.9 Å². The smallest absolute Gasteiger partial charge is 0.0980 e. The molecule has 0 bridgehead atoms. The van der Waals surface area contributed by atoms with Crippen LogP contribution in [-0.4, -0.2) is 46.5 Å². The van der Waals surface area contributed by atoms with Gasteiger partial charge in [0.2, 0.25) is 0 Å². The first kappa shape index (κ1) is 17.1. The summed E-state index contributed by atoms with van der Waals surface area (Å²) in [5, 5.41) is 20.0. The zero-order valence-corrected chi connectivity index (χ0v) is 13.8. The van der Waals surface area contributed by atoms with Crippen molar-refractivity contribution in [1.29, 1.82) is 0 Å². The maximum atomic E-state index is 10.6. The van der Waals surface area contributed by atoms with Crippen molar-refractivity contribution >= 4 is 0 Å². The van der Waals surface area contributed by atoms with Gasteiger partial charge in [-0.1, -0.05) is 60.7 Å². The lowest BCUT2D eigenvalue weighted by molar-refractivity contribution is -0.0278. The number of aliphatic hydroxyl groups excluding tert-OH is 2. The van der Waals surface area contributed by atoms with E-state index in [-0.39, 0.29) is 18.8 Å². The summed E-state index contributed by atoms with van der Waals surface area (Å²) in [4.78, 5) is 2.21. The molecule has 1 aliphatic heterocycles. The van der Waals surface area contributed by atoms with Gasteiger partial charge in [0.05, 0.1) is 18.8 Å². The highest BCUT2D eigenvalue weighted by Gasteiger charge is 2.40. The van der Waals surface area contributed by atoms with E-state index < -0.39 is 6.10 Å². The quantitative estimate of drug-likeness (QED) is 0.819. The van der Waals surface area contributed by atoms with Gasteiger partial charge in [-0.25, -0.2) is 0 Å². The molecule has 0 aliphatic carbocycles. The van der Waals surface area contributed by atoms with Gasteiger partial charge in [-0.05, 0) is 17.5 Å². The molecule has 0 amide bonds. The summed E-state index contributed by atoms with van der Waals surface area (Å²) >= 11 is 0. The minimum atomic E-state index is -0.579. The van der Waals surface area contributed by atoms with Gasteiger partial charge in [0.25, 0.3) is 0 Å². The maximum Gasteiger partial charge on any atom is 0.0980 e. The third-order valence-electron chi connectivity index (χ3n) is 4.62. The summed E-state index contributed by atoms with van der Waals surface area (Å²) in [6.07, 6.45) is -0.255. The Hall–Kier alpha value is -1.72. The summed E-state index contributed by atoms with van der Waals surface area (Å²) in [7, 11) is 0. The Balaban J connectivity index is 1.63. The van der Waals surface area contributed by atoms with Crippen LogP contribution >= 0.6 is 0 Å². The number of ether oxygens (including phenoxy) is 1. The number of likely N-dealkylation sites (tertiary alicyclic amines) is 1. The summed E-state index contributed by atoms with van der Waals surface area (Å²) in [5.74, 6) is 0. The molecule has 1 fully saturated rings. The van der Waals surface area contributed by atoms with Gasteiger partial charge in [0.15, 0.2) is 0 Å². The highest BCUT2D eigenvalue weighted by molar-refractivity contribution is 5.16. The van der Waals surface area contributed by atoms with E-state index in [1.807, 2.05) is 48.5 Å². The van der Waals surface area contributed by atoms with Crippen LogP contribution in [0.25, 0.3) is 0 Å². The van der Waals surface area contributed by atoms with Crippen LogP contribution in [0, 0.1) is 0 Å². The number of hydrogen-bond donors (Lipinski definition) is 2. The average Bonchev–Trinajstić information content (AvgIpc) is 2.91. The van der Waals surface area contributed by atoms with E-state index in [1.165, 1.54) is 5.56 Å². The lowest BCUT2D eigenvalue weighted by Gasteiger charge is -2.25. The predicted molar refractivity (Wildman–Crippen MR) is 93.4 cm³/mol. The topological polar surface area (TPSA) is 52.9 Å². The molecule has 4 nitrogen and oxygen atoms in total. The van der Waals surface area contributed by atoms with Gasteiger partial charge in [0, 0.05) is 25.7 Å². The molecule has 3 atom stereocenters. The molecular formula is C20H25NO3. The monoisotopic (exact) mass is 327 g/mol. The van der Waals surface area contributed by atoms with E-state index in [1.54, 1.807) is 0 Å². The van der Waals surface area contributed by atoms with Crippen LogP contribution in [0.5, 0.6) is 0 Å². The van der Waals surface area contributed by atoms with E-state index in [0.29, 0.717) is 19.6 Å². The second-order valence-corrected chi connectivity index (χ2v) is 6.32. The number of rotatable bonds is 7. The van der Waals surface area contributed by atoms with E-state index >= 15 is 0 Å². The van der Waals surface area contributed by atoms with Gasteiger partial charge in [0.1, 0.15) is 0 Å². The fourth-order valence-corrected chi connectivity index (χ4v) is 3.35. The fraction of sp³-hybridized carbons (Fsp3) is 0.400. The molecule has 0 radical (unpaired) electrons. The van der Waals surface area contributed by atoms with Crippen LogP contribution in [0.15, 0.2) is 60.7 Å². The second-order valence-electron chi connectivity index (χ2n) is 6.32. The molecule has 1 heterocycles. The first-order valence-corrected chi connectivity index (χ1v) is 8.50. The van der Waals surface area contributed by atoms with Gasteiger partial charge in [-0.2, -0.15) is 0 Å². The van der Waals surface area contributed by atoms with Crippen LogP contribution in [-0.2, 0) is 17.9 Å². The van der Waals surface area contributed by atoms with Crippen molar-refractivity contribution in [3.8, 4) is 0 Å². The molecular weight excluding hydrogens is 302 g/mol. The van der Waals surface area contributed by atoms with Crippen molar-refractivity contribution in [3.05, 3.63) is 71.8 Å². The molecule has 2 aromatic carbocycles. The lowest BCUT2D eigenvalue weighted by atomic mass is 10.1. The van der Waals surface area contributed by atoms with Crippen molar-refractivity contribution in [1.82, 2.24) is 4.90 Å². The Bertz CT molecular complexity index is 605. The second kappa shape index (κ2) is 8.40. The van der Waals surface area contributed by atoms with Crippen molar-refractivity contribution in [2.45, 2.75) is 37.8 Å². The van der Waals surface area contributed by atoms with Gasteiger partial charge in [-0.3, -0.25) is 4.90 Å². The Morgan fingerprint density at radius 3 is 2.21 bits per heavy atom. The Labute approximate surface area is 143 Å². The largest absolute Gasteiger partial charge is 0.396 e. The zero-order chi connectivity index (χ0) is 16.8. The predicted octanol–water partition coefficient (Wildman–Crippen LogP) is 2.20. The lowest BCUT2D eigenvalue weighted by Crippen LogP contribution is -2.36. The summed E-state index contributed by atoms with van der Waals surface area (Å²) in [5.41, 5.74) is 2.31. The van der Waals surface area contributed by atoms with E-state index in [0.717, 1.165) is 12.1 Å². The standard InChI is InChI=1S/C20H25NO3/c22-12-11-18-20(23)19(24-15-17-9-5-2-6-10-17)14-21(18)13-16-7-3-1-4-8-16/h1-10,18-20,22-23H,11-15H2/t18-,19-,20-/m1/s1. The maximum absolute atomic E-state index is 10.6. The molecule has 128 valence electrons. The zero-order valence-electron chi connectivity index (χ0n) is 13.8. The number of benzene rings is 2. The first-order chi connectivity index (χ1) is 11.8. The third kappa shape index (κ3) is 4.22. The van der Waals surface area contributed by atoms with Crippen LogP contribution in [0.3, 0.4) is 0 Å². The normalized spacial score (nSPS) is 24.3. The SMILES string of the molecule is OCC[C@@H]1[C@@H](O)[C@H](OCc2ccccc2)CN1Cc1ccccc1. The van der Waals surface area contributed by atoms with Crippen molar-refractivity contribution in [3.63, 3.8) is 0 Å². The minimum Gasteiger partial charge on any atom is -0.396 e. The van der Waals surface area contributed by atoms with Crippen LogP contribution < -0.4 is 0 Å². The number of nitrogens with zero attached hydrogens (tertiary/aromatic N) is 1.